The fraction of sp³-hybridized carbons (Fsp3) is 0.111. The highest BCUT2D eigenvalue weighted by atomic mass is 79.9. The first-order valence-corrected chi connectivity index (χ1v) is 5.46. The van der Waals surface area contributed by atoms with Gasteiger partial charge in [0.2, 0.25) is 0 Å². The number of hydrogen-bond acceptors (Lipinski definition) is 2. The molecule has 0 fully saturated rings. The summed E-state index contributed by atoms with van der Waals surface area (Å²) in [5.41, 5.74) is 2.28. The van der Waals surface area contributed by atoms with Crippen molar-refractivity contribution in [2.24, 2.45) is 0 Å². The van der Waals surface area contributed by atoms with E-state index in [1.165, 1.54) is 0 Å². The van der Waals surface area contributed by atoms with Gasteiger partial charge in [0.05, 0.1) is 10.7 Å². The van der Waals surface area contributed by atoms with Gasteiger partial charge < -0.3 is 0 Å². The summed E-state index contributed by atoms with van der Waals surface area (Å²) in [6.45, 7) is 1.94. The lowest BCUT2D eigenvalue weighted by Crippen LogP contribution is -1.95. The monoisotopic (exact) mass is 313 g/mol. The van der Waals surface area contributed by atoms with Gasteiger partial charge in [-0.2, -0.15) is 5.26 Å². The van der Waals surface area contributed by atoms with Crippen molar-refractivity contribution in [3.05, 3.63) is 32.6 Å². The Balaban J connectivity index is 3.01. The normalized spacial score (nSPS) is 10.4. The lowest BCUT2D eigenvalue weighted by Gasteiger charge is -2.05. The van der Waals surface area contributed by atoms with Crippen LogP contribution >= 0.6 is 31.9 Å². The van der Waals surface area contributed by atoms with Crippen LogP contribution in [0.25, 0.3) is 5.65 Å². The number of hydrogen-bond donors (Lipinski definition) is 0. The first kappa shape index (κ1) is 9.69. The van der Waals surface area contributed by atoms with Crippen LogP contribution in [0, 0.1) is 18.3 Å². The number of nitriles is 1. The highest BCUT2D eigenvalue weighted by molar-refractivity contribution is 9.11. The van der Waals surface area contributed by atoms with Gasteiger partial charge in [0.15, 0.2) is 5.65 Å². The van der Waals surface area contributed by atoms with Gasteiger partial charge in [-0.1, -0.05) is 0 Å². The van der Waals surface area contributed by atoms with E-state index in [0.717, 1.165) is 20.3 Å². The van der Waals surface area contributed by atoms with Crippen LogP contribution in [0.5, 0.6) is 0 Å². The minimum Gasteiger partial charge on any atom is -0.286 e. The molecule has 0 radical (unpaired) electrons. The summed E-state index contributed by atoms with van der Waals surface area (Å²) >= 11 is 6.83. The molecule has 0 atom stereocenters. The first-order valence-electron chi connectivity index (χ1n) is 3.87. The van der Waals surface area contributed by atoms with Gasteiger partial charge in [-0.25, -0.2) is 4.98 Å². The average Bonchev–Trinajstić information content (AvgIpc) is 2.58. The highest BCUT2D eigenvalue weighted by Crippen LogP contribution is 2.26. The standard InChI is InChI=1S/C9H5Br2N3/c1-5-7(10)2-8(11)9-13-4-6(3-12)14(5)9/h2,4H,1H3. The Morgan fingerprint density at radius 3 is 2.79 bits per heavy atom. The lowest BCUT2D eigenvalue weighted by atomic mass is 10.3. The summed E-state index contributed by atoms with van der Waals surface area (Å²) in [4.78, 5) is 4.16. The molecule has 0 aliphatic rings. The number of pyridine rings is 1. The molecule has 70 valence electrons. The number of nitrogens with zero attached hydrogens (tertiary/aromatic N) is 3. The van der Waals surface area contributed by atoms with Crippen molar-refractivity contribution in [2.75, 3.05) is 0 Å². The number of imidazole rings is 1. The molecule has 3 nitrogen and oxygen atoms in total. The third kappa shape index (κ3) is 1.26. The molecule has 5 heteroatoms. The van der Waals surface area contributed by atoms with Crippen molar-refractivity contribution < 1.29 is 0 Å². The van der Waals surface area contributed by atoms with Crippen molar-refractivity contribution in [1.82, 2.24) is 9.38 Å². The van der Waals surface area contributed by atoms with Crippen molar-refractivity contribution in [3.8, 4) is 6.07 Å². The molecule has 0 saturated heterocycles. The Kier molecular flexibility index (Phi) is 2.33. The van der Waals surface area contributed by atoms with Gasteiger partial charge in [-0.05, 0) is 44.8 Å². The number of fused-ring (bicyclic) bond motifs is 1. The van der Waals surface area contributed by atoms with E-state index in [4.69, 9.17) is 5.26 Å². The summed E-state index contributed by atoms with van der Waals surface area (Å²) < 4.78 is 3.64. The van der Waals surface area contributed by atoms with Gasteiger partial charge in [0.1, 0.15) is 11.8 Å². The van der Waals surface area contributed by atoms with Gasteiger partial charge in [-0.3, -0.25) is 4.40 Å². The Hall–Kier alpha value is -0.860. The van der Waals surface area contributed by atoms with Crippen molar-refractivity contribution >= 4 is 37.5 Å². The minimum absolute atomic E-state index is 0.541. The number of halogens is 2. The third-order valence-corrected chi connectivity index (χ3v) is 3.41. The summed E-state index contributed by atoms with van der Waals surface area (Å²) in [6, 6.07) is 4.03. The summed E-state index contributed by atoms with van der Waals surface area (Å²) in [5, 5.41) is 8.89. The molecule has 2 aromatic heterocycles. The maximum absolute atomic E-state index is 8.89. The molecule has 0 saturated carbocycles. The van der Waals surface area contributed by atoms with E-state index in [9.17, 15) is 0 Å². The first-order chi connectivity index (χ1) is 6.65. The molecule has 0 aliphatic heterocycles. The van der Waals surface area contributed by atoms with Crippen LogP contribution in [0.2, 0.25) is 0 Å². The Morgan fingerprint density at radius 2 is 2.14 bits per heavy atom. The second kappa shape index (κ2) is 3.37. The Morgan fingerprint density at radius 1 is 1.43 bits per heavy atom. The van der Waals surface area contributed by atoms with Crippen LogP contribution in [-0.2, 0) is 0 Å². The van der Waals surface area contributed by atoms with Gasteiger partial charge >= 0.3 is 0 Å². The van der Waals surface area contributed by atoms with E-state index < -0.39 is 0 Å². The predicted octanol–water partition coefficient (Wildman–Crippen LogP) is 3.04. The lowest BCUT2D eigenvalue weighted by molar-refractivity contribution is 1.05. The molecule has 14 heavy (non-hydrogen) atoms. The summed E-state index contributed by atoms with van der Waals surface area (Å²) in [6.07, 6.45) is 1.57. The molecule has 0 aromatic carbocycles. The quantitative estimate of drug-likeness (QED) is 0.750. The van der Waals surface area contributed by atoms with Crippen LogP contribution in [-0.4, -0.2) is 9.38 Å². The topological polar surface area (TPSA) is 41.1 Å². The average molecular weight is 315 g/mol. The maximum Gasteiger partial charge on any atom is 0.152 e. The highest BCUT2D eigenvalue weighted by Gasteiger charge is 2.10. The van der Waals surface area contributed by atoms with Crippen molar-refractivity contribution in [3.63, 3.8) is 0 Å². The van der Waals surface area contributed by atoms with E-state index in [0.29, 0.717) is 5.69 Å². The fourth-order valence-electron chi connectivity index (χ4n) is 1.33. The number of aromatic nitrogens is 2. The van der Waals surface area contributed by atoms with Gasteiger partial charge in [0.25, 0.3) is 0 Å². The summed E-state index contributed by atoms with van der Waals surface area (Å²) in [5.74, 6) is 0. The van der Waals surface area contributed by atoms with E-state index in [1.54, 1.807) is 6.20 Å². The molecular formula is C9H5Br2N3. The van der Waals surface area contributed by atoms with Gasteiger partial charge in [-0.15, -0.1) is 0 Å². The molecule has 0 bridgehead atoms. The smallest absolute Gasteiger partial charge is 0.152 e. The van der Waals surface area contributed by atoms with Crippen molar-refractivity contribution in [1.29, 1.82) is 5.26 Å². The fourth-order valence-corrected chi connectivity index (χ4v) is 2.55. The van der Waals surface area contributed by atoms with Gasteiger partial charge in [0, 0.05) is 10.2 Å². The zero-order valence-electron chi connectivity index (χ0n) is 7.25. The van der Waals surface area contributed by atoms with E-state index in [2.05, 4.69) is 42.9 Å². The molecule has 0 N–H and O–H groups in total. The van der Waals surface area contributed by atoms with Crippen molar-refractivity contribution in [2.45, 2.75) is 6.92 Å². The number of rotatable bonds is 0. The zero-order chi connectivity index (χ0) is 10.3. The SMILES string of the molecule is Cc1c(Br)cc(Br)c2ncc(C#N)n12. The zero-order valence-corrected chi connectivity index (χ0v) is 10.4. The Bertz CT molecular complexity index is 551. The van der Waals surface area contributed by atoms with Crippen LogP contribution in [0.15, 0.2) is 21.2 Å². The summed E-state index contributed by atoms with van der Waals surface area (Å²) in [7, 11) is 0. The van der Waals surface area contributed by atoms with E-state index in [1.807, 2.05) is 17.4 Å². The molecule has 0 aliphatic carbocycles. The van der Waals surface area contributed by atoms with E-state index in [-0.39, 0.29) is 0 Å². The Labute approximate surface area is 97.6 Å². The van der Waals surface area contributed by atoms with Crippen LogP contribution in [0.3, 0.4) is 0 Å². The van der Waals surface area contributed by atoms with E-state index >= 15 is 0 Å². The largest absolute Gasteiger partial charge is 0.286 e. The molecule has 2 heterocycles. The van der Waals surface area contributed by atoms with Crippen LogP contribution in [0.4, 0.5) is 0 Å². The van der Waals surface area contributed by atoms with Crippen LogP contribution < -0.4 is 0 Å². The minimum atomic E-state index is 0.541. The predicted molar refractivity (Wildman–Crippen MR) is 60.0 cm³/mol. The maximum atomic E-state index is 8.89. The molecule has 0 amide bonds. The number of aryl methyl sites for hydroxylation is 1. The second-order valence-corrected chi connectivity index (χ2v) is 4.55. The third-order valence-electron chi connectivity index (χ3n) is 2.02. The molecular weight excluding hydrogens is 310 g/mol. The molecule has 2 rings (SSSR count). The molecule has 0 unspecified atom stereocenters. The van der Waals surface area contributed by atoms with Crippen LogP contribution in [0.1, 0.15) is 11.4 Å². The second-order valence-electron chi connectivity index (χ2n) is 2.84. The molecule has 2 aromatic rings. The molecule has 0 spiro atoms.